The lowest BCUT2D eigenvalue weighted by Crippen LogP contribution is -2.71. The molecule has 1 aliphatic heterocycles. The van der Waals surface area contributed by atoms with Gasteiger partial charge in [0.2, 0.25) is 0 Å². The molecule has 2 saturated carbocycles. The summed E-state index contributed by atoms with van der Waals surface area (Å²) in [6.07, 6.45) is 8.13. The van der Waals surface area contributed by atoms with Crippen molar-refractivity contribution >= 4 is 5.91 Å². The minimum atomic E-state index is -0.974. The van der Waals surface area contributed by atoms with Crippen LogP contribution in [-0.4, -0.2) is 63.9 Å². The normalized spacial score (nSPS) is 32.2. The van der Waals surface area contributed by atoms with E-state index >= 15 is 0 Å². The molecule has 3 N–H and O–H groups in total. The highest BCUT2D eigenvalue weighted by Gasteiger charge is 2.69. The third-order valence-electron chi connectivity index (χ3n) is 9.45. The van der Waals surface area contributed by atoms with Gasteiger partial charge in [-0.25, -0.2) is 0 Å². The molecule has 7 nitrogen and oxygen atoms in total. The number of aromatic nitrogens is 1. The van der Waals surface area contributed by atoms with Gasteiger partial charge in [-0.1, -0.05) is 13.0 Å². The monoisotopic (exact) mass is 491 g/mol. The van der Waals surface area contributed by atoms with Gasteiger partial charge in [0.05, 0.1) is 17.1 Å². The Labute approximate surface area is 212 Å². The first kappa shape index (κ1) is 23.7. The van der Waals surface area contributed by atoms with Crippen LogP contribution in [0.3, 0.4) is 0 Å². The first-order chi connectivity index (χ1) is 17.2. The largest absolute Gasteiger partial charge is 0.504 e. The lowest BCUT2D eigenvalue weighted by molar-refractivity contribution is -0.154. The van der Waals surface area contributed by atoms with Gasteiger partial charge in [-0.05, 0) is 94.1 Å². The van der Waals surface area contributed by atoms with Crippen molar-refractivity contribution in [2.75, 3.05) is 20.1 Å². The van der Waals surface area contributed by atoms with Crippen LogP contribution in [0.2, 0.25) is 0 Å². The van der Waals surface area contributed by atoms with Gasteiger partial charge in [-0.15, -0.1) is 0 Å². The lowest BCUT2D eigenvalue weighted by Gasteiger charge is -2.58. The highest BCUT2D eigenvalue weighted by Crippen LogP contribution is 2.64. The summed E-state index contributed by atoms with van der Waals surface area (Å²) >= 11 is 0. The van der Waals surface area contributed by atoms with Gasteiger partial charge >= 0.3 is 0 Å². The molecule has 0 bridgehead atoms. The van der Waals surface area contributed by atoms with Crippen molar-refractivity contribution in [1.29, 1.82) is 0 Å². The highest BCUT2D eigenvalue weighted by atomic mass is 16.5. The number of hydrogen-bond donors (Lipinski definition) is 3. The number of nitrogens with zero attached hydrogens (tertiary/aromatic N) is 2. The molecule has 0 unspecified atom stereocenters. The maximum absolute atomic E-state index is 13.4. The Kier molecular flexibility index (Phi) is 5.57. The minimum absolute atomic E-state index is 0.0411. The first-order valence-electron chi connectivity index (χ1n) is 13.4. The number of amides is 1. The number of aliphatic hydroxyl groups is 1. The number of ether oxygens (including phenoxy) is 1. The van der Waals surface area contributed by atoms with Crippen LogP contribution in [-0.2, 0) is 11.8 Å². The molecule has 6 rings (SSSR count). The summed E-state index contributed by atoms with van der Waals surface area (Å²) < 4.78 is 6.60. The van der Waals surface area contributed by atoms with Crippen LogP contribution in [0.15, 0.2) is 30.6 Å². The molecule has 7 heteroatoms. The number of benzene rings is 1. The number of carbonyl (C=O) groups is 1. The first-order valence-corrected chi connectivity index (χ1v) is 13.4. The highest BCUT2D eigenvalue weighted by molar-refractivity contribution is 5.95. The number of carbonyl (C=O) groups excluding carboxylic acids is 1. The summed E-state index contributed by atoms with van der Waals surface area (Å²) in [7, 11) is 2.16. The number of aryl methyl sites for hydroxylation is 1. The van der Waals surface area contributed by atoms with E-state index < -0.39 is 17.1 Å². The zero-order chi connectivity index (χ0) is 25.2. The van der Waals surface area contributed by atoms with Crippen molar-refractivity contribution in [3.8, 4) is 11.5 Å². The Balaban J connectivity index is 1.40. The number of phenols is 1. The van der Waals surface area contributed by atoms with E-state index in [0.29, 0.717) is 30.6 Å². The van der Waals surface area contributed by atoms with Gasteiger partial charge in [-0.3, -0.25) is 9.78 Å². The lowest BCUT2D eigenvalue weighted by atomic mass is 9.49. The van der Waals surface area contributed by atoms with Crippen molar-refractivity contribution in [1.82, 2.24) is 15.2 Å². The molecule has 2 fully saturated rings. The third kappa shape index (κ3) is 3.46. The van der Waals surface area contributed by atoms with E-state index in [4.69, 9.17) is 4.74 Å². The summed E-state index contributed by atoms with van der Waals surface area (Å²) in [6.45, 7) is 5.91. The van der Waals surface area contributed by atoms with Crippen LogP contribution in [0.1, 0.15) is 66.1 Å². The Morgan fingerprint density at radius 2 is 2.08 bits per heavy atom. The summed E-state index contributed by atoms with van der Waals surface area (Å²) in [5.74, 6) is 1.27. The van der Waals surface area contributed by atoms with Crippen molar-refractivity contribution in [3.05, 3.63) is 52.8 Å². The second-order valence-corrected chi connectivity index (χ2v) is 11.8. The molecule has 36 heavy (non-hydrogen) atoms. The number of pyridine rings is 1. The van der Waals surface area contributed by atoms with Crippen LogP contribution < -0.4 is 10.1 Å². The van der Waals surface area contributed by atoms with E-state index in [2.05, 4.69) is 29.2 Å². The van der Waals surface area contributed by atoms with Crippen molar-refractivity contribution in [2.45, 2.75) is 75.5 Å². The molecular formula is C29H37N3O4. The van der Waals surface area contributed by atoms with Crippen LogP contribution in [0.4, 0.5) is 0 Å². The van der Waals surface area contributed by atoms with E-state index in [-0.39, 0.29) is 23.6 Å². The SMILES string of the molecule is Cc1cnccc1C(=O)N[C@@H]1CC[C@@]2(O)[C@H](C)Cc3ccc(O)c4c3[C@@]2(CCN(C)CC2CC2)[C@H]1O4. The number of nitrogens with one attached hydrogen (secondary N) is 1. The average Bonchev–Trinajstić information content (AvgIpc) is 3.58. The van der Waals surface area contributed by atoms with Gasteiger partial charge in [0.1, 0.15) is 6.10 Å². The van der Waals surface area contributed by atoms with Gasteiger partial charge < -0.3 is 25.2 Å². The molecule has 5 atom stereocenters. The maximum atomic E-state index is 13.4. The summed E-state index contributed by atoms with van der Waals surface area (Å²) in [4.78, 5) is 19.8. The van der Waals surface area contributed by atoms with E-state index in [9.17, 15) is 15.0 Å². The van der Waals surface area contributed by atoms with E-state index in [1.165, 1.54) is 12.8 Å². The fourth-order valence-corrected chi connectivity index (χ4v) is 7.39. The Morgan fingerprint density at radius 3 is 2.83 bits per heavy atom. The standard InChI is InChI=1S/C29H37N3O4/c1-17-15-30-12-9-21(17)27(34)31-22-8-10-29(35)18(2)14-20-6-7-23(33)25-24(20)28(29,26(22)36-25)11-13-32(3)16-19-4-5-19/h6-7,9,12,15,18-19,22,26,33,35H,4-5,8,10-11,13-14,16H2,1-3H3,(H,31,34)/t18-,22-,26+,28+,29-/m1/s1. The number of rotatable bonds is 7. The van der Waals surface area contributed by atoms with Gasteiger partial charge in [0.15, 0.2) is 11.5 Å². The van der Waals surface area contributed by atoms with E-state index in [1.807, 2.05) is 13.0 Å². The summed E-state index contributed by atoms with van der Waals surface area (Å²) in [5, 5.41) is 26.6. The van der Waals surface area contributed by atoms with Gasteiger partial charge in [-0.2, -0.15) is 0 Å². The fraction of sp³-hybridized carbons (Fsp3) is 0.586. The van der Waals surface area contributed by atoms with Crippen LogP contribution >= 0.6 is 0 Å². The predicted octanol–water partition coefficient (Wildman–Crippen LogP) is 3.34. The number of hydrogen-bond acceptors (Lipinski definition) is 6. The van der Waals surface area contributed by atoms with E-state index in [1.54, 1.807) is 24.5 Å². The average molecular weight is 492 g/mol. The molecule has 0 radical (unpaired) electrons. The smallest absolute Gasteiger partial charge is 0.252 e. The molecule has 1 amide bonds. The molecule has 2 heterocycles. The van der Waals surface area contributed by atoms with Crippen molar-refractivity contribution in [2.24, 2.45) is 11.8 Å². The molecule has 2 aromatic rings. The van der Waals surface area contributed by atoms with Crippen molar-refractivity contribution < 1.29 is 19.7 Å². The third-order valence-corrected chi connectivity index (χ3v) is 9.45. The fourth-order valence-electron chi connectivity index (χ4n) is 7.39. The van der Waals surface area contributed by atoms with Crippen LogP contribution in [0.25, 0.3) is 0 Å². The molecule has 1 aromatic heterocycles. The molecule has 0 spiro atoms. The Bertz CT molecular complexity index is 1200. The summed E-state index contributed by atoms with van der Waals surface area (Å²) in [6, 6.07) is 5.16. The molecule has 1 aromatic carbocycles. The molecular weight excluding hydrogens is 454 g/mol. The van der Waals surface area contributed by atoms with Crippen LogP contribution in [0, 0.1) is 18.8 Å². The molecule has 192 valence electrons. The summed E-state index contributed by atoms with van der Waals surface area (Å²) in [5.41, 5.74) is 1.85. The van der Waals surface area contributed by atoms with Crippen molar-refractivity contribution in [3.63, 3.8) is 0 Å². The number of aromatic hydroxyl groups is 1. The van der Waals surface area contributed by atoms with Gasteiger partial charge in [0, 0.05) is 30.1 Å². The minimum Gasteiger partial charge on any atom is -0.504 e. The number of phenolic OH excluding ortho intramolecular Hbond substituents is 1. The molecule has 0 saturated heterocycles. The second-order valence-electron chi connectivity index (χ2n) is 11.8. The second kappa shape index (κ2) is 8.45. The topological polar surface area (TPSA) is 94.9 Å². The van der Waals surface area contributed by atoms with Crippen LogP contribution in [0.5, 0.6) is 11.5 Å². The molecule has 4 aliphatic rings. The maximum Gasteiger partial charge on any atom is 0.252 e. The zero-order valence-corrected chi connectivity index (χ0v) is 21.5. The quantitative estimate of drug-likeness (QED) is 0.550. The Hall–Kier alpha value is -2.64. The van der Waals surface area contributed by atoms with E-state index in [0.717, 1.165) is 42.1 Å². The Morgan fingerprint density at radius 1 is 1.28 bits per heavy atom. The van der Waals surface area contributed by atoms with Gasteiger partial charge in [0.25, 0.3) is 5.91 Å². The zero-order valence-electron chi connectivity index (χ0n) is 21.5. The predicted molar refractivity (Wildman–Crippen MR) is 136 cm³/mol. The molecule has 3 aliphatic carbocycles.